The van der Waals surface area contributed by atoms with Gasteiger partial charge in [0, 0.05) is 3.57 Å². The van der Waals surface area contributed by atoms with E-state index >= 15 is 0 Å². The quantitative estimate of drug-likeness (QED) is 0.783. The molecular weight excluding hydrogens is 380 g/mol. The van der Waals surface area contributed by atoms with Gasteiger partial charge >= 0.3 is 0 Å². The molecule has 1 atom stereocenters. The average Bonchev–Trinajstić information content (AvgIpc) is 2.93. The average molecular weight is 397 g/mol. The second-order valence-corrected chi connectivity index (χ2v) is 6.34. The van der Waals surface area contributed by atoms with Crippen molar-refractivity contribution in [3.05, 3.63) is 68.0 Å². The Balaban J connectivity index is 2.01. The van der Waals surface area contributed by atoms with E-state index in [2.05, 4.69) is 53.0 Å². The highest BCUT2D eigenvalue weighted by atomic mass is 127. The van der Waals surface area contributed by atoms with Gasteiger partial charge in [0.2, 0.25) is 0 Å². The monoisotopic (exact) mass is 397 g/mol. The van der Waals surface area contributed by atoms with Gasteiger partial charge in [-0.3, -0.25) is 0 Å². The molecule has 0 bridgehead atoms. The fraction of sp³-hybridized carbons (Fsp3) is 0.294. The van der Waals surface area contributed by atoms with Crippen molar-refractivity contribution < 1.29 is 9.13 Å². The Morgan fingerprint density at radius 1 is 1.19 bits per heavy atom. The Bertz CT molecular complexity index is 659. The number of ether oxygens (including phenoxy) is 1. The van der Waals surface area contributed by atoms with E-state index in [1.807, 2.05) is 6.07 Å². The molecule has 0 aliphatic carbocycles. The zero-order valence-electron chi connectivity index (χ0n) is 11.8. The zero-order valence-corrected chi connectivity index (χ0v) is 14.0. The summed E-state index contributed by atoms with van der Waals surface area (Å²) in [6.45, 7) is 4.32. The van der Waals surface area contributed by atoms with Gasteiger partial charge in [0.25, 0.3) is 0 Å². The maximum atomic E-state index is 13.3. The summed E-state index contributed by atoms with van der Waals surface area (Å²) in [5.41, 5.74) is 4.83. The summed E-state index contributed by atoms with van der Waals surface area (Å²) in [7, 11) is 0. The Morgan fingerprint density at radius 2 is 2.00 bits per heavy atom. The van der Waals surface area contributed by atoms with Crippen molar-refractivity contribution in [3.63, 3.8) is 0 Å². The lowest BCUT2D eigenvalue weighted by Crippen LogP contribution is -2.23. The highest BCUT2D eigenvalue weighted by Gasteiger charge is 2.19. The predicted molar refractivity (Wildman–Crippen MR) is 89.6 cm³/mol. The van der Waals surface area contributed by atoms with Crippen LogP contribution in [0.25, 0.3) is 0 Å². The minimum absolute atomic E-state index is 0.0772. The number of nitrogens with one attached hydrogen (secondary N) is 1. The first-order valence-electron chi connectivity index (χ1n) is 7.07. The van der Waals surface area contributed by atoms with Crippen LogP contribution in [0.2, 0.25) is 0 Å². The lowest BCUT2D eigenvalue weighted by Gasteiger charge is -2.21. The molecule has 0 saturated carbocycles. The number of hydrogen-bond donors (Lipinski definition) is 1. The van der Waals surface area contributed by atoms with Crippen LogP contribution in [0, 0.1) is 9.39 Å². The Hall–Kier alpha value is -0.980. The summed E-state index contributed by atoms with van der Waals surface area (Å²) in [5, 5.41) is 3.50. The number of halogens is 2. The van der Waals surface area contributed by atoms with E-state index < -0.39 is 0 Å². The molecule has 0 amide bonds. The fourth-order valence-electron chi connectivity index (χ4n) is 2.72. The lowest BCUT2D eigenvalue weighted by atomic mass is 9.95. The second-order valence-electron chi connectivity index (χ2n) is 5.18. The van der Waals surface area contributed by atoms with E-state index in [1.54, 1.807) is 6.07 Å². The van der Waals surface area contributed by atoms with Crippen molar-refractivity contribution in [2.45, 2.75) is 26.2 Å². The molecule has 0 fully saturated rings. The highest BCUT2D eigenvalue weighted by Crippen LogP contribution is 2.30. The normalized spacial score (nSPS) is 15.0. The first kappa shape index (κ1) is 14.9. The maximum Gasteiger partial charge on any atom is 0.124 e. The van der Waals surface area contributed by atoms with Gasteiger partial charge < -0.3 is 10.1 Å². The summed E-state index contributed by atoms with van der Waals surface area (Å²) in [5.74, 6) is -0.194. The van der Waals surface area contributed by atoms with Crippen LogP contribution >= 0.6 is 22.6 Å². The highest BCUT2D eigenvalue weighted by molar-refractivity contribution is 14.1. The lowest BCUT2D eigenvalue weighted by molar-refractivity contribution is 0.134. The molecule has 0 radical (unpaired) electrons. The molecule has 4 heteroatoms. The molecule has 1 unspecified atom stereocenters. The van der Waals surface area contributed by atoms with Crippen molar-refractivity contribution >= 4 is 22.6 Å². The first-order valence-corrected chi connectivity index (χ1v) is 8.14. The molecule has 2 nitrogen and oxygen atoms in total. The molecule has 0 saturated heterocycles. The third kappa shape index (κ3) is 3.12. The molecule has 3 rings (SSSR count). The zero-order chi connectivity index (χ0) is 14.8. The Kier molecular flexibility index (Phi) is 4.57. The van der Waals surface area contributed by atoms with Crippen LogP contribution in [-0.4, -0.2) is 6.54 Å². The van der Waals surface area contributed by atoms with Crippen molar-refractivity contribution in [1.82, 2.24) is 5.32 Å². The standard InChI is InChI=1S/C17H17FINO/c1-2-20-17(15-6-5-14(18)8-16(15)19)11-3-4-12-9-21-10-13(12)7-11/h3-8,17,20H,2,9-10H2,1H3. The van der Waals surface area contributed by atoms with Crippen LogP contribution in [0.1, 0.15) is 35.2 Å². The molecule has 1 N–H and O–H groups in total. The summed E-state index contributed by atoms with van der Waals surface area (Å²) in [6.07, 6.45) is 0. The van der Waals surface area contributed by atoms with Gasteiger partial charge in [-0.25, -0.2) is 4.39 Å². The van der Waals surface area contributed by atoms with Crippen LogP contribution in [0.4, 0.5) is 4.39 Å². The van der Waals surface area contributed by atoms with Crippen molar-refractivity contribution in [1.29, 1.82) is 0 Å². The summed E-state index contributed by atoms with van der Waals surface area (Å²) < 4.78 is 19.8. The van der Waals surface area contributed by atoms with E-state index in [0.29, 0.717) is 13.2 Å². The van der Waals surface area contributed by atoms with Gasteiger partial charge in [-0.2, -0.15) is 0 Å². The predicted octanol–water partition coefficient (Wildman–Crippen LogP) is 4.16. The van der Waals surface area contributed by atoms with Crippen LogP contribution in [0.3, 0.4) is 0 Å². The number of rotatable bonds is 4. The second kappa shape index (κ2) is 6.42. The largest absolute Gasteiger partial charge is 0.372 e. The smallest absolute Gasteiger partial charge is 0.124 e. The molecule has 110 valence electrons. The fourth-order valence-corrected chi connectivity index (χ4v) is 3.51. The van der Waals surface area contributed by atoms with Crippen molar-refractivity contribution in [2.24, 2.45) is 0 Å². The SMILES string of the molecule is CCNC(c1ccc2c(c1)COC2)c1ccc(F)cc1I. The summed E-state index contributed by atoms with van der Waals surface area (Å²) >= 11 is 2.20. The van der Waals surface area contributed by atoms with Crippen molar-refractivity contribution in [2.75, 3.05) is 6.54 Å². The number of hydrogen-bond acceptors (Lipinski definition) is 2. The minimum atomic E-state index is -0.194. The maximum absolute atomic E-state index is 13.3. The first-order chi connectivity index (χ1) is 10.2. The molecule has 0 aromatic heterocycles. The van der Waals surface area contributed by atoms with Gasteiger partial charge in [0.15, 0.2) is 0 Å². The molecule has 1 aliphatic heterocycles. The van der Waals surface area contributed by atoms with E-state index in [-0.39, 0.29) is 11.9 Å². The molecule has 1 aliphatic rings. The van der Waals surface area contributed by atoms with Crippen LogP contribution in [0.5, 0.6) is 0 Å². The molecule has 0 spiro atoms. The van der Waals surface area contributed by atoms with Gasteiger partial charge in [0.05, 0.1) is 19.3 Å². The van der Waals surface area contributed by atoms with E-state index in [4.69, 9.17) is 4.74 Å². The molecule has 1 heterocycles. The van der Waals surface area contributed by atoms with Gasteiger partial charge in [0.1, 0.15) is 5.82 Å². The third-order valence-electron chi connectivity index (χ3n) is 3.76. The van der Waals surface area contributed by atoms with E-state index in [1.165, 1.54) is 22.8 Å². The Morgan fingerprint density at radius 3 is 2.76 bits per heavy atom. The van der Waals surface area contributed by atoms with E-state index in [0.717, 1.165) is 15.7 Å². The topological polar surface area (TPSA) is 21.3 Å². The number of benzene rings is 2. The van der Waals surface area contributed by atoms with Crippen LogP contribution in [0.15, 0.2) is 36.4 Å². The van der Waals surface area contributed by atoms with Gasteiger partial charge in [-0.1, -0.05) is 31.2 Å². The molecule has 21 heavy (non-hydrogen) atoms. The van der Waals surface area contributed by atoms with Gasteiger partial charge in [-0.15, -0.1) is 0 Å². The van der Waals surface area contributed by atoms with Gasteiger partial charge in [-0.05, 0) is 63.5 Å². The third-order valence-corrected chi connectivity index (χ3v) is 4.69. The molecule has 2 aromatic rings. The van der Waals surface area contributed by atoms with Crippen molar-refractivity contribution in [3.8, 4) is 0 Å². The van der Waals surface area contributed by atoms with Crippen LogP contribution in [-0.2, 0) is 18.0 Å². The van der Waals surface area contributed by atoms with Crippen LogP contribution < -0.4 is 5.32 Å². The molecular formula is C17H17FINO. The molecule has 2 aromatic carbocycles. The van der Waals surface area contributed by atoms with E-state index in [9.17, 15) is 4.39 Å². The summed E-state index contributed by atoms with van der Waals surface area (Å²) in [6, 6.07) is 11.5. The Labute approximate surface area is 137 Å². The minimum Gasteiger partial charge on any atom is -0.372 e. The summed E-state index contributed by atoms with van der Waals surface area (Å²) in [4.78, 5) is 0. The number of fused-ring (bicyclic) bond motifs is 1.